The lowest BCUT2D eigenvalue weighted by molar-refractivity contribution is 0.211. The van der Waals surface area contributed by atoms with Gasteiger partial charge in [-0.05, 0) is 24.1 Å². The first-order valence-electron chi connectivity index (χ1n) is 7.11. The molecule has 5 nitrogen and oxygen atoms in total. The van der Waals surface area contributed by atoms with Crippen molar-refractivity contribution in [2.75, 3.05) is 32.1 Å². The zero-order chi connectivity index (χ0) is 14.6. The Bertz CT molecular complexity index is 389. The maximum Gasteiger partial charge on any atom is 0.188 e. The number of hydrogen-bond acceptors (Lipinski definition) is 3. The van der Waals surface area contributed by atoms with Crippen molar-refractivity contribution in [1.29, 1.82) is 0 Å². The average molecular weight is 278 g/mol. The fraction of sp³-hybridized carbons (Fsp3) is 0.533. The molecule has 0 radical (unpaired) electrons. The van der Waals surface area contributed by atoms with Crippen LogP contribution in [0.3, 0.4) is 0 Å². The van der Waals surface area contributed by atoms with Crippen molar-refractivity contribution in [1.82, 2.24) is 5.32 Å². The highest BCUT2D eigenvalue weighted by molar-refractivity contribution is 5.77. The number of nitrogens with one attached hydrogen (secondary N) is 2. The molecule has 0 aliphatic carbocycles. The van der Waals surface area contributed by atoms with Crippen LogP contribution in [-0.2, 0) is 11.3 Å². The Hall–Kier alpha value is -1.75. The van der Waals surface area contributed by atoms with Crippen LogP contribution in [-0.4, -0.2) is 32.8 Å². The average Bonchev–Trinajstić information content (AvgIpc) is 2.47. The van der Waals surface area contributed by atoms with Crippen molar-refractivity contribution in [3.63, 3.8) is 0 Å². The lowest BCUT2D eigenvalue weighted by Crippen LogP contribution is -2.32. The second-order valence-corrected chi connectivity index (χ2v) is 4.60. The van der Waals surface area contributed by atoms with Crippen LogP contribution in [0.25, 0.3) is 0 Å². The summed E-state index contributed by atoms with van der Waals surface area (Å²) in [5.41, 5.74) is 8.01. The fourth-order valence-electron chi connectivity index (χ4n) is 1.65. The second-order valence-electron chi connectivity index (χ2n) is 4.60. The molecule has 1 rings (SSSR count). The third-order valence-electron chi connectivity index (χ3n) is 2.86. The number of nitrogens with zero attached hydrogens (tertiary/aromatic N) is 1. The Labute approximate surface area is 121 Å². The third kappa shape index (κ3) is 6.99. The summed E-state index contributed by atoms with van der Waals surface area (Å²) in [6.07, 6.45) is 2.26. The Morgan fingerprint density at radius 2 is 2.00 bits per heavy atom. The zero-order valence-electron chi connectivity index (χ0n) is 12.5. The minimum absolute atomic E-state index is 0.515. The van der Waals surface area contributed by atoms with Crippen LogP contribution in [0, 0.1) is 0 Å². The normalized spacial score (nSPS) is 11.4. The molecule has 20 heavy (non-hydrogen) atoms. The molecule has 1 aromatic rings. The van der Waals surface area contributed by atoms with Gasteiger partial charge < -0.3 is 21.1 Å². The summed E-state index contributed by atoms with van der Waals surface area (Å²) in [6.45, 7) is 5.14. The van der Waals surface area contributed by atoms with E-state index in [-0.39, 0.29) is 0 Å². The van der Waals surface area contributed by atoms with Crippen LogP contribution in [0.15, 0.2) is 29.3 Å². The summed E-state index contributed by atoms with van der Waals surface area (Å²) in [7, 11) is 1.70. The van der Waals surface area contributed by atoms with Gasteiger partial charge in [-0.15, -0.1) is 0 Å². The van der Waals surface area contributed by atoms with E-state index in [4.69, 9.17) is 10.5 Å². The van der Waals surface area contributed by atoms with Crippen LogP contribution in [0.4, 0.5) is 5.69 Å². The second kappa shape index (κ2) is 10.1. The summed E-state index contributed by atoms with van der Waals surface area (Å²) < 4.78 is 4.99. The summed E-state index contributed by atoms with van der Waals surface area (Å²) in [6, 6.07) is 8.19. The van der Waals surface area contributed by atoms with Gasteiger partial charge in [0.25, 0.3) is 0 Å². The van der Waals surface area contributed by atoms with Crippen molar-refractivity contribution >= 4 is 11.6 Å². The van der Waals surface area contributed by atoms with Gasteiger partial charge in [0.05, 0.1) is 13.2 Å². The zero-order valence-corrected chi connectivity index (χ0v) is 12.5. The van der Waals surface area contributed by atoms with E-state index in [0.717, 1.165) is 37.2 Å². The summed E-state index contributed by atoms with van der Waals surface area (Å²) in [5, 5.41) is 6.38. The van der Waals surface area contributed by atoms with E-state index in [1.807, 2.05) is 12.1 Å². The van der Waals surface area contributed by atoms with Crippen LogP contribution >= 0.6 is 0 Å². The van der Waals surface area contributed by atoms with E-state index < -0.39 is 0 Å². The first kappa shape index (κ1) is 16.3. The van der Waals surface area contributed by atoms with E-state index in [1.165, 1.54) is 0 Å². The molecule has 0 spiro atoms. The molecule has 0 heterocycles. The van der Waals surface area contributed by atoms with E-state index in [0.29, 0.717) is 19.1 Å². The van der Waals surface area contributed by atoms with Gasteiger partial charge in [-0.2, -0.15) is 0 Å². The molecule has 0 bridgehead atoms. The number of guanidine groups is 1. The highest BCUT2D eigenvalue weighted by Crippen LogP contribution is 2.09. The molecule has 0 unspecified atom stereocenters. The SMILES string of the molecule is CCCCNC(N)=NCc1ccc(NCCOC)cc1. The molecule has 0 aromatic heterocycles. The number of aliphatic imine (C=N–C) groups is 1. The lowest BCUT2D eigenvalue weighted by Gasteiger charge is -2.07. The van der Waals surface area contributed by atoms with Gasteiger partial charge in [0, 0.05) is 25.9 Å². The topological polar surface area (TPSA) is 71.7 Å². The van der Waals surface area contributed by atoms with Gasteiger partial charge in [0.15, 0.2) is 5.96 Å². The van der Waals surface area contributed by atoms with E-state index in [9.17, 15) is 0 Å². The molecule has 0 aliphatic heterocycles. The molecule has 0 saturated carbocycles. The van der Waals surface area contributed by atoms with Gasteiger partial charge in [-0.3, -0.25) is 0 Å². The van der Waals surface area contributed by atoms with Crippen LogP contribution in [0.1, 0.15) is 25.3 Å². The summed E-state index contributed by atoms with van der Waals surface area (Å²) in [4.78, 5) is 4.31. The van der Waals surface area contributed by atoms with E-state index in [2.05, 4.69) is 34.7 Å². The standard InChI is InChI=1S/C15H26N4O/c1-3-4-9-18-15(16)19-12-13-5-7-14(8-6-13)17-10-11-20-2/h5-8,17H,3-4,9-12H2,1-2H3,(H3,16,18,19). The van der Waals surface area contributed by atoms with Gasteiger partial charge in [-0.25, -0.2) is 4.99 Å². The van der Waals surface area contributed by atoms with Crippen molar-refractivity contribution < 1.29 is 4.74 Å². The van der Waals surface area contributed by atoms with Crippen molar-refractivity contribution in [2.24, 2.45) is 10.7 Å². The van der Waals surface area contributed by atoms with Crippen molar-refractivity contribution in [3.05, 3.63) is 29.8 Å². The molecule has 112 valence electrons. The number of nitrogens with two attached hydrogens (primary N) is 1. The number of unbranched alkanes of at least 4 members (excludes halogenated alkanes) is 1. The number of benzene rings is 1. The van der Waals surface area contributed by atoms with Crippen LogP contribution in [0.2, 0.25) is 0 Å². The Kier molecular flexibility index (Phi) is 8.22. The molecule has 0 amide bonds. The number of hydrogen-bond donors (Lipinski definition) is 3. The maximum atomic E-state index is 5.79. The fourth-order valence-corrected chi connectivity index (χ4v) is 1.65. The van der Waals surface area contributed by atoms with Crippen LogP contribution in [0.5, 0.6) is 0 Å². The predicted molar refractivity (Wildman–Crippen MR) is 85.0 cm³/mol. The number of rotatable bonds is 9. The van der Waals surface area contributed by atoms with Gasteiger partial charge >= 0.3 is 0 Å². The molecule has 0 aliphatic rings. The Balaban J connectivity index is 2.35. The number of ether oxygens (including phenoxy) is 1. The molecule has 0 saturated heterocycles. The quantitative estimate of drug-likeness (QED) is 0.367. The largest absolute Gasteiger partial charge is 0.383 e. The minimum atomic E-state index is 0.515. The Morgan fingerprint density at radius 3 is 2.65 bits per heavy atom. The summed E-state index contributed by atoms with van der Waals surface area (Å²) in [5.74, 6) is 0.515. The highest BCUT2D eigenvalue weighted by Gasteiger charge is 1.95. The first-order valence-corrected chi connectivity index (χ1v) is 7.11. The van der Waals surface area contributed by atoms with Crippen molar-refractivity contribution in [2.45, 2.75) is 26.3 Å². The number of methoxy groups -OCH3 is 1. The molecule has 0 atom stereocenters. The molecule has 1 aromatic carbocycles. The summed E-state index contributed by atoms with van der Waals surface area (Å²) >= 11 is 0. The lowest BCUT2D eigenvalue weighted by atomic mass is 10.2. The van der Waals surface area contributed by atoms with Gasteiger partial charge in [0.2, 0.25) is 0 Å². The molecular weight excluding hydrogens is 252 g/mol. The maximum absolute atomic E-state index is 5.79. The van der Waals surface area contributed by atoms with Crippen LogP contribution < -0.4 is 16.4 Å². The Morgan fingerprint density at radius 1 is 1.25 bits per heavy atom. The predicted octanol–water partition coefficient (Wildman–Crippen LogP) is 1.95. The van der Waals surface area contributed by atoms with E-state index in [1.54, 1.807) is 7.11 Å². The smallest absolute Gasteiger partial charge is 0.188 e. The van der Waals surface area contributed by atoms with Gasteiger partial charge in [-0.1, -0.05) is 25.5 Å². The molecule has 5 heteroatoms. The minimum Gasteiger partial charge on any atom is -0.383 e. The molecule has 0 fully saturated rings. The van der Waals surface area contributed by atoms with Gasteiger partial charge in [0.1, 0.15) is 0 Å². The van der Waals surface area contributed by atoms with E-state index >= 15 is 0 Å². The number of anilines is 1. The molecular formula is C15H26N4O. The third-order valence-corrected chi connectivity index (χ3v) is 2.86. The first-order chi connectivity index (χ1) is 9.76. The van der Waals surface area contributed by atoms with Crippen molar-refractivity contribution in [3.8, 4) is 0 Å². The highest BCUT2D eigenvalue weighted by atomic mass is 16.5. The monoisotopic (exact) mass is 278 g/mol. The molecule has 4 N–H and O–H groups in total.